The molecular formula is C19H22N4O2. The topological polar surface area (TPSA) is 63.4 Å². The molecule has 25 heavy (non-hydrogen) atoms. The van der Waals surface area contributed by atoms with Crippen molar-refractivity contribution in [1.82, 2.24) is 9.97 Å². The van der Waals surface area contributed by atoms with Gasteiger partial charge in [0, 0.05) is 30.1 Å². The number of hydrogen-bond donors (Lipinski definition) is 1. The van der Waals surface area contributed by atoms with E-state index in [-0.39, 0.29) is 6.04 Å². The Kier molecular flexibility index (Phi) is 4.28. The average molecular weight is 338 g/mol. The Balaban J connectivity index is 1.55. The molecule has 0 spiro atoms. The van der Waals surface area contributed by atoms with Gasteiger partial charge in [0.1, 0.15) is 29.3 Å². The fraction of sp³-hybridized carbons (Fsp3) is 0.368. The molecule has 0 radical (unpaired) electrons. The molecule has 4 rings (SSSR count). The molecule has 1 N–H and O–H groups in total. The van der Waals surface area contributed by atoms with Gasteiger partial charge in [-0.1, -0.05) is 18.2 Å². The second-order valence-electron chi connectivity index (χ2n) is 6.31. The van der Waals surface area contributed by atoms with Crippen LogP contribution in [0.25, 0.3) is 11.0 Å². The number of morpholine rings is 1. The number of furan rings is 1. The third-order valence-electron chi connectivity index (χ3n) is 4.63. The van der Waals surface area contributed by atoms with Crippen molar-refractivity contribution in [2.45, 2.75) is 19.9 Å². The number of nitrogens with zero attached hydrogens (tertiary/aromatic N) is 3. The van der Waals surface area contributed by atoms with Crippen LogP contribution in [0.1, 0.15) is 24.3 Å². The number of aryl methyl sites for hydroxylation is 1. The second-order valence-corrected chi connectivity index (χ2v) is 6.31. The fourth-order valence-corrected chi connectivity index (χ4v) is 3.29. The number of hydrogen-bond acceptors (Lipinski definition) is 6. The predicted octanol–water partition coefficient (Wildman–Crippen LogP) is 3.54. The SMILES string of the molecule is Cc1c([C@@H](C)Nc2cc(N3CCOCC3)ncn2)oc2ccccc12. The third kappa shape index (κ3) is 3.17. The van der Waals surface area contributed by atoms with E-state index in [4.69, 9.17) is 9.15 Å². The molecule has 0 amide bonds. The molecule has 0 saturated carbocycles. The summed E-state index contributed by atoms with van der Waals surface area (Å²) >= 11 is 0. The molecule has 1 atom stereocenters. The molecule has 6 heteroatoms. The Bertz CT molecular complexity index is 871. The Hall–Kier alpha value is -2.60. The van der Waals surface area contributed by atoms with Gasteiger partial charge in [0.25, 0.3) is 0 Å². The maximum Gasteiger partial charge on any atom is 0.134 e. The Morgan fingerprint density at radius 2 is 1.96 bits per heavy atom. The van der Waals surface area contributed by atoms with Gasteiger partial charge in [-0.25, -0.2) is 9.97 Å². The monoisotopic (exact) mass is 338 g/mol. The highest BCUT2D eigenvalue weighted by molar-refractivity contribution is 5.82. The summed E-state index contributed by atoms with van der Waals surface area (Å²) in [5.74, 6) is 2.66. The van der Waals surface area contributed by atoms with Crippen LogP contribution in [0.3, 0.4) is 0 Å². The molecule has 0 bridgehead atoms. The first-order chi connectivity index (χ1) is 12.2. The summed E-state index contributed by atoms with van der Waals surface area (Å²) in [5, 5.41) is 4.59. The van der Waals surface area contributed by atoms with Gasteiger partial charge in [0.05, 0.1) is 19.3 Å². The van der Waals surface area contributed by atoms with Gasteiger partial charge < -0.3 is 19.4 Å². The van der Waals surface area contributed by atoms with E-state index < -0.39 is 0 Å². The van der Waals surface area contributed by atoms with Gasteiger partial charge in [-0.05, 0) is 19.9 Å². The van der Waals surface area contributed by atoms with Gasteiger partial charge in [0.15, 0.2) is 0 Å². The fourth-order valence-electron chi connectivity index (χ4n) is 3.29. The number of benzene rings is 1. The predicted molar refractivity (Wildman–Crippen MR) is 98.1 cm³/mol. The number of anilines is 2. The summed E-state index contributed by atoms with van der Waals surface area (Å²) in [4.78, 5) is 11.0. The van der Waals surface area contributed by atoms with Crippen molar-refractivity contribution in [2.75, 3.05) is 36.5 Å². The van der Waals surface area contributed by atoms with Crippen LogP contribution in [-0.2, 0) is 4.74 Å². The van der Waals surface area contributed by atoms with Gasteiger partial charge in [-0.15, -0.1) is 0 Å². The van der Waals surface area contributed by atoms with Crippen molar-refractivity contribution in [3.63, 3.8) is 0 Å². The minimum Gasteiger partial charge on any atom is -0.459 e. The Morgan fingerprint density at radius 3 is 2.76 bits per heavy atom. The summed E-state index contributed by atoms with van der Waals surface area (Å²) in [5.41, 5.74) is 2.08. The van der Waals surface area contributed by atoms with Crippen molar-refractivity contribution in [3.05, 3.63) is 48.0 Å². The van der Waals surface area contributed by atoms with Crippen molar-refractivity contribution in [2.24, 2.45) is 0 Å². The molecule has 0 unspecified atom stereocenters. The average Bonchev–Trinajstić information content (AvgIpc) is 3.00. The van der Waals surface area contributed by atoms with E-state index in [1.54, 1.807) is 6.33 Å². The molecule has 3 heterocycles. The highest BCUT2D eigenvalue weighted by Gasteiger charge is 2.18. The highest BCUT2D eigenvalue weighted by Crippen LogP contribution is 2.31. The van der Waals surface area contributed by atoms with Gasteiger partial charge in [0.2, 0.25) is 0 Å². The smallest absolute Gasteiger partial charge is 0.134 e. The molecular weight excluding hydrogens is 316 g/mol. The number of aromatic nitrogens is 2. The molecule has 3 aromatic rings. The minimum absolute atomic E-state index is 0.0137. The number of rotatable bonds is 4. The van der Waals surface area contributed by atoms with Crippen LogP contribution in [0.2, 0.25) is 0 Å². The zero-order valence-corrected chi connectivity index (χ0v) is 14.5. The number of para-hydroxylation sites is 1. The maximum atomic E-state index is 6.05. The molecule has 1 aliphatic rings. The van der Waals surface area contributed by atoms with Gasteiger partial charge in [-0.3, -0.25) is 0 Å². The molecule has 1 aliphatic heterocycles. The largest absolute Gasteiger partial charge is 0.459 e. The summed E-state index contributed by atoms with van der Waals surface area (Å²) in [6.07, 6.45) is 1.60. The van der Waals surface area contributed by atoms with Crippen molar-refractivity contribution in [3.8, 4) is 0 Å². The Labute approximate surface area is 146 Å². The number of fused-ring (bicyclic) bond motifs is 1. The first-order valence-electron chi connectivity index (χ1n) is 8.61. The lowest BCUT2D eigenvalue weighted by molar-refractivity contribution is 0.122. The standard InChI is InChI=1S/C19H22N4O2/c1-13-15-5-3-4-6-16(15)25-19(13)14(2)22-17-11-18(21-12-20-17)23-7-9-24-10-8-23/h3-6,11-12,14H,7-10H2,1-2H3,(H,20,21,22)/t14-/m1/s1. The first kappa shape index (κ1) is 15.9. The lowest BCUT2D eigenvalue weighted by atomic mass is 10.1. The quantitative estimate of drug-likeness (QED) is 0.785. The molecule has 1 saturated heterocycles. The molecule has 130 valence electrons. The lowest BCUT2D eigenvalue weighted by Gasteiger charge is -2.28. The Morgan fingerprint density at radius 1 is 1.16 bits per heavy atom. The van der Waals surface area contributed by atoms with Crippen LogP contribution in [0.4, 0.5) is 11.6 Å². The zero-order valence-electron chi connectivity index (χ0n) is 14.5. The molecule has 2 aromatic heterocycles. The maximum absolute atomic E-state index is 6.05. The summed E-state index contributed by atoms with van der Waals surface area (Å²) in [6.45, 7) is 7.37. The third-order valence-corrected chi connectivity index (χ3v) is 4.63. The van der Waals surface area contributed by atoms with Crippen LogP contribution in [0, 0.1) is 6.92 Å². The summed E-state index contributed by atoms with van der Waals surface area (Å²) < 4.78 is 11.4. The van der Waals surface area contributed by atoms with E-state index in [0.29, 0.717) is 0 Å². The van der Waals surface area contributed by atoms with Crippen LogP contribution in [0.15, 0.2) is 41.1 Å². The van der Waals surface area contributed by atoms with E-state index in [1.165, 1.54) is 0 Å². The van der Waals surface area contributed by atoms with Crippen molar-refractivity contribution >= 4 is 22.6 Å². The van der Waals surface area contributed by atoms with E-state index in [9.17, 15) is 0 Å². The van der Waals surface area contributed by atoms with E-state index in [2.05, 4.69) is 40.1 Å². The molecule has 6 nitrogen and oxygen atoms in total. The van der Waals surface area contributed by atoms with Crippen LogP contribution >= 0.6 is 0 Å². The van der Waals surface area contributed by atoms with Crippen molar-refractivity contribution in [1.29, 1.82) is 0 Å². The molecule has 1 aromatic carbocycles. The summed E-state index contributed by atoms with van der Waals surface area (Å²) in [6, 6.07) is 10.1. The van der Waals surface area contributed by atoms with E-state index in [1.807, 2.05) is 24.3 Å². The molecule has 0 aliphatic carbocycles. The van der Waals surface area contributed by atoms with Crippen LogP contribution in [0.5, 0.6) is 0 Å². The lowest BCUT2D eigenvalue weighted by Crippen LogP contribution is -2.36. The number of ether oxygens (including phenoxy) is 1. The van der Waals surface area contributed by atoms with Gasteiger partial charge >= 0.3 is 0 Å². The van der Waals surface area contributed by atoms with E-state index >= 15 is 0 Å². The summed E-state index contributed by atoms with van der Waals surface area (Å²) in [7, 11) is 0. The van der Waals surface area contributed by atoms with Crippen LogP contribution < -0.4 is 10.2 Å². The molecule has 1 fully saturated rings. The van der Waals surface area contributed by atoms with Gasteiger partial charge in [-0.2, -0.15) is 0 Å². The van der Waals surface area contributed by atoms with E-state index in [0.717, 1.165) is 60.2 Å². The highest BCUT2D eigenvalue weighted by atomic mass is 16.5. The van der Waals surface area contributed by atoms with Crippen LogP contribution in [-0.4, -0.2) is 36.3 Å². The second kappa shape index (κ2) is 6.72. The minimum atomic E-state index is 0.0137. The van der Waals surface area contributed by atoms with Crippen molar-refractivity contribution < 1.29 is 9.15 Å². The normalized spacial score (nSPS) is 16.2. The first-order valence-corrected chi connectivity index (χ1v) is 8.61. The zero-order chi connectivity index (χ0) is 17.2. The number of nitrogens with one attached hydrogen (secondary N) is 1.